The maximum absolute atomic E-state index is 12.3. The molecule has 126 valence electrons. The van der Waals surface area contributed by atoms with Crippen molar-refractivity contribution in [3.05, 3.63) is 47.0 Å². The molecule has 1 amide bonds. The van der Waals surface area contributed by atoms with Crippen LogP contribution >= 0.6 is 11.6 Å². The van der Waals surface area contributed by atoms with Crippen molar-refractivity contribution in [1.29, 1.82) is 0 Å². The summed E-state index contributed by atoms with van der Waals surface area (Å²) in [6, 6.07) is 4.07. The molecule has 0 radical (unpaired) electrons. The van der Waals surface area contributed by atoms with Gasteiger partial charge in [-0.1, -0.05) is 11.6 Å². The maximum atomic E-state index is 12.3. The zero-order chi connectivity index (χ0) is 16.9. The van der Waals surface area contributed by atoms with Gasteiger partial charge in [-0.25, -0.2) is 9.97 Å². The van der Waals surface area contributed by atoms with Crippen LogP contribution in [0.25, 0.3) is 0 Å². The average molecular weight is 347 g/mol. The van der Waals surface area contributed by atoms with Crippen molar-refractivity contribution in [3.63, 3.8) is 0 Å². The Balaban J connectivity index is 1.49. The first kappa shape index (κ1) is 16.6. The lowest BCUT2D eigenvalue weighted by atomic mass is 9.92. The van der Waals surface area contributed by atoms with Gasteiger partial charge in [0.25, 0.3) is 5.91 Å². The van der Waals surface area contributed by atoms with Crippen molar-refractivity contribution < 1.29 is 9.53 Å². The van der Waals surface area contributed by atoms with Crippen LogP contribution in [-0.2, 0) is 0 Å². The third-order valence-corrected chi connectivity index (χ3v) is 4.32. The van der Waals surface area contributed by atoms with E-state index in [9.17, 15) is 4.79 Å². The van der Waals surface area contributed by atoms with E-state index in [4.69, 9.17) is 16.3 Å². The Morgan fingerprint density at radius 1 is 1.21 bits per heavy atom. The molecular weight excluding hydrogens is 328 g/mol. The van der Waals surface area contributed by atoms with E-state index in [1.165, 1.54) is 12.4 Å². The second-order valence-electron chi connectivity index (χ2n) is 5.89. The summed E-state index contributed by atoms with van der Waals surface area (Å²) in [6.45, 7) is 1.84. The van der Waals surface area contributed by atoms with Crippen LogP contribution in [0.15, 0.2) is 30.7 Å². The zero-order valence-electron chi connectivity index (χ0n) is 13.4. The third kappa shape index (κ3) is 4.20. The summed E-state index contributed by atoms with van der Waals surface area (Å²) in [7, 11) is 0. The molecule has 1 saturated carbocycles. The highest BCUT2D eigenvalue weighted by molar-refractivity contribution is 6.30. The predicted octanol–water partition coefficient (Wildman–Crippen LogP) is 2.95. The van der Waals surface area contributed by atoms with Gasteiger partial charge in [0.2, 0.25) is 0 Å². The summed E-state index contributed by atoms with van der Waals surface area (Å²) < 4.78 is 5.76. The minimum absolute atomic E-state index is 0.0639. The van der Waals surface area contributed by atoms with E-state index in [0.717, 1.165) is 31.4 Å². The Kier molecular flexibility index (Phi) is 5.25. The molecule has 0 unspecified atom stereocenters. The van der Waals surface area contributed by atoms with E-state index in [2.05, 4.69) is 20.3 Å². The molecule has 2 aromatic rings. The van der Waals surface area contributed by atoms with Gasteiger partial charge >= 0.3 is 6.01 Å². The molecule has 7 heteroatoms. The van der Waals surface area contributed by atoms with E-state index >= 15 is 0 Å². The minimum Gasteiger partial charge on any atom is -0.460 e. The molecule has 0 saturated heterocycles. The molecule has 0 spiro atoms. The maximum Gasteiger partial charge on any atom is 0.316 e. The molecule has 1 fully saturated rings. The monoisotopic (exact) mass is 346 g/mol. The van der Waals surface area contributed by atoms with Gasteiger partial charge in [-0.3, -0.25) is 9.78 Å². The number of hydrogen-bond donors (Lipinski definition) is 1. The molecule has 0 atom stereocenters. The lowest BCUT2D eigenvalue weighted by Gasteiger charge is -2.29. The van der Waals surface area contributed by atoms with Crippen LogP contribution in [0.3, 0.4) is 0 Å². The highest BCUT2D eigenvalue weighted by Crippen LogP contribution is 2.23. The van der Waals surface area contributed by atoms with E-state index < -0.39 is 0 Å². The number of amides is 1. The van der Waals surface area contributed by atoms with Crippen LogP contribution in [0.1, 0.15) is 41.7 Å². The van der Waals surface area contributed by atoms with Crippen LogP contribution in [0, 0.1) is 6.92 Å². The van der Waals surface area contributed by atoms with Gasteiger partial charge in [0, 0.05) is 17.9 Å². The number of rotatable bonds is 4. The lowest BCUT2D eigenvalue weighted by Crippen LogP contribution is -2.40. The first-order valence-corrected chi connectivity index (χ1v) is 8.36. The Morgan fingerprint density at radius 3 is 2.58 bits per heavy atom. The normalized spacial score (nSPS) is 20.4. The highest BCUT2D eigenvalue weighted by atomic mass is 35.5. The van der Waals surface area contributed by atoms with Gasteiger partial charge in [0.1, 0.15) is 6.10 Å². The van der Waals surface area contributed by atoms with Gasteiger partial charge in [-0.2, -0.15) is 0 Å². The number of carbonyl (C=O) groups is 1. The molecule has 1 N–H and O–H groups in total. The number of carbonyl (C=O) groups excluding carboxylic acids is 1. The van der Waals surface area contributed by atoms with Crippen molar-refractivity contribution in [2.75, 3.05) is 0 Å². The third-order valence-electron chi connectivity index (χ3n) is 4.13. The number of nitrogens with zero attached hydrogens (tertiary/aromatic N) is 3. The molecule has 0 bridgehead atoms. The Hall–Kier alpha value is -2.21. The van der Waals surface area contributed by atoms with Crippen LogP contribution in [0.5, 0.6) is 6.01 Å². The van der Waals surface area contributed by atoms with E-state index in [1.807, 2.05) is 6.92 Å². The molecule has 1 aliphatic carbocycles. The smallest absolute Gasteiger partial charge is 0.316 e. The summed E-state index contributed by atoms with van der Waals surface area (Å²) in [5.74, 6) is -0.0639. The first-order chi connectivity index (χ1) is 11.6. The first-order valence-electron chi connectivity index (χ1n) is 7.98. The fourth-order valence-electron chi connectivity index (χ4n) is 2.82. The SMILES string of the molecule is Cc1ncccc1C(=O)NC1CCC(Oc2ncc(Cl)cn2)CC1. The van der Waals surface area contributed by atoms with Gasteiger partial charge in [0.05, 0.1) is 23.0 Å². The minimum atomic E-state index is -0.0639. The van der Waals surface area contributed by atoms with Crippen molar-refractivity contribution in [3.8, 4) is 6.01 Å². The van der Waals surface area contributed by atoms with Crippen LogP contribution in [0.2, 0.25) is 5.02 Å². The molecule has 3 rings (SSSR count). The van der Waals surface area contributed by atoms with Crippen molar-refractivity contribution in [2.24, 2.45) is 0 Å². The Labute approximate surface area is 145 Å². The predicted molar refractivity (Wildman–Crippen MR) is 90.2 cm³/mol. The summed E-state index contributed by atoms with van der Waals surface area (Å²) >= 11 is 5.76. The molecule has 24 heavy (non-hydrogen) atoms. The lowest BCUT2D eigenvalue weighted by molar-refractivity contribution is 0.0884. The number of aryl methyl sites for hydroxylation is 1. The Morgan fingerprint density at radius 2 is 1.92 bits per heavy atom. The van der Waals surface area contributed by atoms with Gasteiger partial charge < -0.3 is 10.1 Å². The van der Waals surface area contributed by atoms with Gasteiger partial charge in [0.15, 0.2) is 0 Å². The molecule has 6 nitrogen and oxygen atoms in total. The summed E-state index contributed by atoms with van der Waals surface area (Å²) in [5.41, 5.74) is 1.37. The molecular formula is C17H19ClN4O2. The van der Waals surface area contributed by atoms with Crippen LogP contribution in [0.4, 0.5) is 0 Å². The fraction of sp³-hybridized carbons (Fsp3) is 0.412. The van der Waals surface area contributed by atoms with Crippen molar-refractivity contribution in [2.45, 2.75) is 44.8 Å². The van der Waals surface area contributed by atoms with E-state index in [0.29, 0.717) is 16.6 Å². The number of aromatic nitrogens is 3. The Bertz CT molecular complexity index is 700. The topological polar surface area (TPSA) is 77.0 Å². The number of halogens is 1. The number of hydrogen-bond acceptors (Lipinski definition) is 5. The second kappa shape index (κ2) is 7.57. The zero-order valence-corrected chi connectivity index (χ0v) is 14.2. The van der Waals surface area contributed by atoms with Gasteiger partial charge in [-0.05, 0) is 44.7 Å². The molecule has 2 aromatic heterocycles. The van der Waals surface area contributed by atoms with Crippen LogP contribution < -0.4 is 10.1 Å². The van der Waals surface area contributed by atoms with E-state index in [-0.39, 0.29) is 18.1 Å². The molecule has 0 aliphatic heterocycles. The van der Waals surface area contributed by atoms with Gasteiger partial charge in [-0.15, -0.1) is 0 Å². The standard InChI is InChI=1S/C17H19ClN4O2/c1-11-15(3-2-8-19-11)16(23)22-13-4-6-14(7-5-13)24-17-20-9-12(18)10-21-17/h2-3,8-10,13-14H,4-7H2,1H3,(H,22,23). The van der Waals surface area contributed by atoms with Crippen molar-refractivity contribution in [1.82, 2.24) is 20.3 Å². The summed E-state index contributed by atoms with van der Waals surface area (Å²) in [4.78, 5) is 24.6. The highest BCUT2D eigenvalue weighted by Gasteiger charge is 2.25. The number of ether oxygens (including phenoxy) is 1. The van der Waals surface area contributed by atoms with E-state index in [1.54, 1.807) is 18.3 Å². The summed E-state index contributed by atoms with van der Waals surface area (Å²) in [6.07, 6.45) is 8.23. The van der Waals surface area contributed by atoms with Crippen molar-refractivity contribution >= 4 is 17.5 Å². The molecule has 2 heterocycles. The second-order valence-corrected chi connectivity index (χ2v) is 6.32. The van der Waals surface area contributed by atoms with Crippen LogP contribution in [-0.4, -0.2) is 33.0 Å². The largest absolute Gasteiger partial charge is 0.460 e. The molecule has 0 aromatic carbocycles. The quantitative estimate of drug-likeness (QED) is 0.921. The number of pyridine rings is 1. The number of nitrogens with one attached hydrogen (secondary N) is 1. The fourth-order valence-corrected chi connectivity index (χ4v) is 2.92. The summed E-state index contributed by atoms with van der Waals surface area (Å²) in [5, 5.41) is 3.57. The average Bonchev–Trinajstić information content (AvgIpc) is 2.59. The molecule has 1 aliphatic rings.